The van der Waals surface area contributed by atoms with Gasteiger partial charge in [-0.15, -0.1) is 0 Å². The van der Waals surface area contributed by atoms with E-state index in [9.17, 15) is 19.3 Å². The van der Waals surface area contributed by atoms with E-state index in [4.69, 9.17) is 14.5 Å². The first kappa shape index (κ1) is 21.7. The fraction of sp³-hybridized carbons (Fsp3) is 0.571. The highest BCUT2D eigenvalue weighted by Gasteiger charge is 2.31. The van der Waals surface area contributed by atoms with Crippen LogP contribution in [0.2, 0.25) is 0 Å². The molecule has 2 amide bonds. The molecule has 25 heavy (non-hydrogen) atoms. The molecule has 0 aromatic heterocycles. The summed E-state index contributed by atoms with van der Waals surface area (Å²) in [5, 5.41) is 15.2. The summed E-state index contributed by atoms with van der Waals surface area (Å²) in [4.78, 5) is 41.1. The summed E-state index contributed by atoms with van der Waals surface area (Å²) in [6.45, 7) is -0.00875. The number of phosphoric ester groups is 1. The maximum Gasteiger partial charge on any atom is 0.469 e. The number of carbonyl (C=O) groups is 2. The van der Waals surface area contributed by atoms with Crippen molar-refractivity contribution in [3.8, 4) is 0 Å². The predicted molar refractivity (Wildman–Crippen MR) is 87.2 cm³/mol. The third kappa shape index (κ3) is 7.57. The van der Waals surface area contributed by atoms with Gasteiger partial charge >= 0.3 is 7.82 Å². The predicted octanol–water partition coefficient (Wildman–Crippen LogP) is -1.16. The van der Waals surface area contributed by atoms with Crippen LogP contribution in [0.25, 0.3) is 0 Å². The van der Waals surface area contributed by atoms with Crippen LogP contribution in [0.1, 0.15) is 6.42 Å². The van der Waals surface area contributed by atoms with E-state index in [2.05, 4.69) is 15.2 Å². The van der Waals surface area contributed by atoms with Crippen LogP contribution in [0, 0.1) is 5.92 Å². The van der Waals surface area contributed by atoms with Crippen molar-refractivity contribution < 1.29 is 38.3 Å². The van der Waals surface area contributed by atoms with E-state index in [1.54, 1.807) is 19.2 Å². The van der Waals surface area contributed by atoms with Gasteiger partial charge in [0, 0.05) is 19.2 Å². The van der Waals surface area contributed by atoms with Crippen molar-refractivity contribution in [1.29, 1.82) is 0 Å². The van der Waals surface area contributed by atoms with Crippen LogP contribution in [0.3, 0.4) is 0 Å². The Hall–Kier alpha value is -1.39. The lowest BCUT2D eigenvalue weighted by Gasteiger charge is -2.26. The number of rotatable bonds is 10. The third-order valence-corrected chi connectivity index (χ3v) is 3.96. The van der Waals surface area contributed by atoms with Gasteiger partial charge in [0.05, 0.1) is 18.6 Å². The maximum atomic E-state index is 11.9. The zero-order chi connectivity index (χ0) is 19.0. The molecule has 0 fully saturated rings. The summed E-state index contributed by atoms with van der Waals surface area (Å²) in [7, 11) is -1.72. The molecule has 1 rings (SSSR count). The third-order valence-electron chi connectivity index (χ3n) is 3.47. The van der Waals surface area contributed by atoms with E-state index in [1.807, 2.05) is 0 Å². The first-order valence-electron chi connectivity index (χ1n) is 7.47. The van der Waals surface area contributed by atoms with E-state index in [-0.39, 0.29) is 12.0 Å². The minimum absolute atomic E-state index is 0.106. The minimum atomic E-state index is -4.70. The quantitative estimate of drug-likeness (QED) is 0.234. The Morgan fingerprint density at radius 3 is 2.68 bits per heavy atom. The highest BCUT2D eigenvalue weighted by atomic mass is 31.2. The van der Waals surface area contributed by atoms with Crippen LogP contribution in [0.4, 0.5) is 0 Å². The summed E-state index contributed by atoms with van der Waals surface area (Å²) < 4.78 is 20.0. The van der Waals surface area contributed by atoms with E-state index in [1.165, 1.54) is 13.2 Å². The highest BCUT2D eigenvalue weighted by Crippen LogP contribution is 2.36. The van der Waals surface area contributed by atoms with Crippen LogP contribution < -0.4 is 10.6 Å². The van der Waals surface area contributed by atoms with Crippen molar-refractivity contribution in [2.45, 2.75) is 18.6 Å². The molecule has 0 aliphatic carbocycles. The fourth-order valence-corrected chi connectivity index (χ4v) is 2.51. The second-order valence-corrected chi connectivity index (χ2v) is 6.61. The summed E-state index contributed by atoms with van der Waals surface area (Å²) in [5.41, 5.74) is 0.285. The number of likely N-dealkylation sites (N-methyl/N-ethyl adjacent to an activating group) is 1. The summed E-state index contributed by atoms with van der Waals surface area (Å²) in [6.07, 6.45) is 2.32. The smallest absolute Gasteiger partial charge is 0.390 e. The lowest BCUT2D eigenvalue weighted by atomic mass is 9.92. The van der Waals surface area contributed by atoms with E-state index in [0.717, 1.165) is 0 Å². The molecule has 0 spiro atoms. The Kier molecular flexibility index (Phi) is 8.60. The zero-order valence-electron chi connectivity index (χ0n) is 13.9. The molecular formula is C14H23N2O8P. The first-order chi connectivity index (χ1) is 11.7. The molecule has 1 heterocycles. The number of amides is 2. The number of methoxy groups -OCH3 is 1. The fourth-order valence-electron chi connectivity index (χ4n) is 2.17. The van der Waals surface area contributed by atoms with Crippen LogP contribution in [-0.2, 0) is 23.4 Å². The van der Waals surface area contributed by atoms with E-state index in [0.29, 0.717) is 6.54 Å². The van der Waals surface area contributed by atoms with Crippen molar-refractivity contribution in [2.75, 3.05) is 27.3 Å². The van der Waals surface area contributed by atoms with Crippen LogP contribution in [0.5, 0.6) is 0 Å². The molecule has 3 atom stereocenters. The molecule has 0 aromatic carbocycles. The number of hydrogen-bond donors (Lipinski definition) is 5. The highest BCUT2D eigenvalue weighted by molar-refractivity contribution is 7.46. The molecular weight excluding hydrogens is 355 g/mol. The monoisotopic (exact) mass is 378 g/mol. The second kappa shape index (κ2) is 9.93. The number of imide groups is 1. The van der Waals surface area contributed by atoms with Crippen molar-refractivity contribution in [3.05, 3.63) is 23.8 Å². The number of hydrogen-bond acceptors (Lipinski definition) is 7. The average Bonchev–Trinajstić information content (AvgIpc) is 2.51. The van der Waals surface area contributed by atoms with Gasteiger partial charge in [-0.2, -0.15) is 0 Å². The SMILES string of the molecule is CNC/C=C/C1=CC(CC(O)C(COP(=O)(O)O)OC)C(=O)NC1=O. The largest absolute Gasteiger partial charge is 0.469 e. The molecule has 0 radical (unpaired) electrons. The number of carbonyl (C=O) groups excluding carboxylic acids is 2. The van der Waals surface area contributed by atoms with Gasteiger partial charge in [0.15, 0.2) is 0 Å². The Morgan fingerprint density at radius 2 is 2.12 bits per heavy atom. The zero-order valence-corrected chi connectivity index (χ0v) is 14.8. The Labute approximate surface area is 145 Å². The molecule has 1 aliphatic heterocycles. The van der Waals surface area contributed by atoms with Gasteiger partial charge in [0.1, 0.15) is 6.10 Å². The molecule has 142 valence electrons. The minimum Gasteiger partial charge on any atom is -0.390 e. The van der Waals surface area contributed by atoms with Gasteiger partial charge in [0.25, 0.3) is 5.91 Å². The van der Waals surface area contributed by atoms with Gasteiger partial charge in [-0.1, -0.05) is 18.2 Å². The molecule has 0 bridgehead atoms. The Balaban J connectivity index is 2.78. The van der Waals surface area contributed by atoms with Gasteiger partial charge in [-0.3, -0.25) is 19.4 Å². The first-order valence-corrected chi connectivity index (χ1v) is 9.00. The van der Waals surface area contributed by atoms with Crippen LogP contribution >= 0.6 is 7.82 Å². The molecule has 0 saturated heterocycles. The summed E-state index contributed by atoms with van der Waals surface area (Å²) in [6, 6.07) is 0. The maximum absolute atomic E-state index is 11.9. The topological polar surface area (TPSA) is 154 Å². The lowest BCUT2D eigenvalue weighted by Crippen LogP contribution is -2.43. The molecule has 11 heteroatoms. The number of aliphatic hydroxyl groups is 1. The van der Waals surface area contributed by atoms with Crippen LogP contribution in [-0.4, -0.2) is 66.2 Å². The standard InChI is InChI=1S/C14H23N2O8P/c1-15-5-3-4-9-6-10(14(19)16-13(9)18)7-11(17)12(23-2)8-24-25(20,21)22/h3-4,6,10-12,15,17H,5,7-8H2,1-2H3,(H,16,18,19)(H2,20,21,22)/b4-3+. The summed E-state index contributed by atoms with van der Waals surface area (Å²) >= 11 is 0. The number of nitrogens with one attached hydrogen (secondary N) is 2. The number of ether oxygens (including phenoxy) is 1. The van der Waals surface area contributed by atoms with Crippen molar-refractivity contribution in [2.24, 2.45) is 5.92 Å². The molecule has 0 saturated carbocycles. The average molecular weight is 378 g/mol. The van der Waals surface area contributed by atoms with E-state index < -0.39 is 44.4 Å². The van der Waals surface area contributed by atoms with Crippen LogP contribution in [0.15, 0.2) is 23.8 Å². The van der Waals surface area contributed by atoms with Gasteiger partial charge in [-0.25, -0.2) is 4.57 Å². The van der Waals surface area contributed by atoms with Gasteiger partial charge in [0.2, 0.25) is 5.91 Å². The Bertz CT molecular complexity index is 585. The number of aliphatic hydroxyl groups excluding tert-OH is 1. The number of phosphoric acid groups is 1. The summed E-state index contributed by atoms with van der Waals surface area (Å²) in [5.74, 6) is -1.90. The molecule has 1 aliphatic rings. The van der Waals surface area contributed by atoms with E-state index >= 15 is 0 Å². The molecule has 0 aromatic rings. The van der Waals surface area contributed by atoms with Crippen molar-refractivity contribution in [3.63, 3.8) is 0 Å². The lowest BCUT2D eigenvalue weighted by molar-refractivity contribution is -0.132. The molecule has 5 N–H and O–H groups in total. The van der Waals surface area contributed by atoms with Gasteiger partial charge in [-0.05, 0) is 13.5 Å². The molecule has 10 nitrogen and oxygen atoms in total. The Morgan fingerprint density at radius 1 is 1.44 bits per heavy atom. The van der Waals surface area contributed by atoms with Gasteiger partial charge < -0.3 is 24.9 Å². The molecule has 3 unspecified atom stereocenters. The normalized spacial score (nSPS) is 21.2. The second-order valence-electron chi connectivity index (χ2n) is 5.37. The van der Waals surface area contributed by atoms with Crippen molar-refractivity contribution in [1.82, 2.24) is 10.6 Å². The van der Waals surface area contributed by atoms with Crippen molar-refractivity contribution >= 4 is 19.6 Å².